The molecule has 0 radical (unpaired) electrons. The molecule has 18 heavy (non-hydrogen) atoms. The molecule has 2 unspecified atom stereocenters. The average molecular weight is 259 g/mol. The minimum atomic E-state index is -0.270. The van der Waals surface area contributed by atoms with Gasteiger partial charge in [0.15, 0.2) is 0 Å². The molecule has 0 saturated heterocycles. The van der Waals surface area contributed by atoms with Crippen molar-refractivity contribution in [2.24, 2.45) is 0 Å². The summed E-state index contributed by atoms with van der Waals surface area (Å²) in [5.41, 5.74) is -0.270. The topological polar surface area (TPSA) is 48.7 Å². The number of nitriles is 1. The Bertz CT molecular complexity index is 452. The molecule has 2 aliphatic rings. The number of aromatic nitrogens is 1. The fourth-order valence-corrected chi connectivity index (χ4v) is 3.80. The highest BCUT2D eigenvalue weighted by Crippen LogP contribution is 2.40. The molecule has 2 atom stereocenters. The molecule has 2 fully saturated rings. The van der Waals surface area contributed by atoms with E-state index in [0.29, 0.717) is 11.3 Å². The van der Waals surface area contributed by atoms with E-state index in [1.165, 1.54) is 12.8 Å². The fraction of sp³-hybridized carbons (Fsp3) is 0.571. The Morgan fingerprint density at radius 1 is 1.39 bits per heavy atom. The molecule has 1 aromatic rings. The second-order valence-electron chi connectivity index (χ2n) is 5.26. The molecule has 4 heteroatoms. The van der Waals surface area contributed by atoms with Crippen LogP contribution < -0.4 is 5.32 Å². The van der Waals surface area contributed by atoms with Crippen LogP contribution in [0.1, 0.15) is 32.1 Å². The summed E-state index contributed by atoms with van der Waals surface area (Å²) in [7, 11) is 0. The highest BCUT2D eigenvalue weighted by molar-refractivity contribution is 7.99. The van der Waals surface area contributed by atoms with E-state index in [1.807, 2.05) is 36.2 Å². The van der Waals surface area contributed by atoms with Crippen molar-refractivity contribution in [1.29, 1.82) is 5.26 Å². The zero-order chi connectivity index (χ0) is 12.4. The van der Waals surface area contributed by atoms with Crippen LogP contribution in [0, 0.1) is 11.3 Å². The zero-order valence-electron chi connectivity index (χ0n) is 10.3. The second-order valence-corrected chi connectivity index (χ2v) is 6.58. The van der Waals surface area contributed by atoms with Gasteiger partial charge in [0.1, 0.15) is 5.54 Å². The molecule has 1 heterocycles. The van der Waals surface area contributed by atoms with Gasteiger partial charge >= 0.3 is 0 Å². The summed E-state index contributed by atoms with van der Waals surface area (Å²) in [6.45, 7) is 0. The quantitative estimate of drug-likeness (QED) is 0.903. The Balaban J connectivity index is 1.62. The minimum absolute atomic E-state index is 0.270. The Morgan fingerprint density at radius 2 is 2.28 bits per heavy atom. The molecule has 0 aromatic carbocycles. The van der Waals surface area contributed by atoms with Gasteiger partial charge in [-0.05, 0) is 44.2 Å². The summed E-state index contributed by atoms with van der Waals surface area (Å²) in [4.78, 5) is 4.35. The van der Waals surface area contributed by atoms with Crippen molar-refractivity contribution in [2.75, 3.05) is 0 Å². The summed E-state index contributed by atoms with van der Waals surface area (Å²) in [6.07, 6.45) is 7.33. The first-order valence-corrected chi connectivity index (χ1v) is 7.44. The van der Waals surface area contributed by atoms with E-state index in [9.17, 15) is 5.26 Å². The summed E-state index contributed by atoms with van der Waals surface area (Å²) in [5.74, 6) is 0. The van der Waals surface area contributed by atoms with Gasteiger partial charge in [-0.25, -0.2) is 4.98 Å². The SMILES string of the molecule is N#CC1(NC2CC2)CCC(Sc2ccccn2)C1. The Labute approximate surface area is 112 Å². The lowest BCUT2D eigenvalue weighted by molar-refractivity contribution is 0.420. The first-order valence-electron chi connectivity index (χ1n) is 6.56. The monoisotopic (exact) mass is 259 g/mol. The normalized spacial score (nSPS) is 31.2. The number of nitrogens with one attached hydrogen (secondary N) is 1. The molecule has 0 bridgehead atoms. The van der Waals surface area contributed by atoms with Crippen LogP contribution in [0.15, 0.2) is 29.4 Å². The molecule has 2 aliphatic carbocycles. The van der Waals surface area contributed by atoms with E-state index in [2.05, 4.69) is 16.4 Å². The van der Waals surface area contributed by atoms with Crippen LogP contribution in [-0.4, -0.2) is 21.8 Å². The molecule has 0 aliphatic heterocycles. The molecular formula is C14H17N3S. The van der Waals surface area contributed by atoms with E-state index in [4.69, 9.17) is 0 Å². The average Bonchev–Trinajstić information content (AvgIpc) is 3.12. The van der Waals surface area contributed by atoms with Crippen molar-refractivity contribution in [3.8, 4) is 6.07 Å². The predicted molar refractivity (Wildman–Crippen MR) is 72.2 cm³/mol. The van der Waals surface area contributed by atoms with Crippen molar-refractivity contribution >= 4 is 11.8 Å². The van der Waals surface area contributed by atoms with E-state index in [0.717, 1.165) is 24.3 Å². The maximum atomic E-state index is 9.44. The second kappa shape index (κ2) is 4.91. The number of pyridine rings is 1. The predicted octanol–water partition coefficient (Wildman–Crippen LogP) is 2.74. The number of nitrogens with zero attached hydrogens (tertiary/aromatic N) is 2. The summed E-state index contributed by atoms with van der Waals surface area (Å²) < 4.78 is 0. The lowest BCUT2D eigenvalue weighted by Gasteiger charge is -2.22. The van der Waals surface area contributed by atoms with Gasteiger partial charge in [0.25, 0.3) is 0 Å². The van der Waals surface area contributed by atoms with E-state index < -0.39 is 0 Å². The highest BCUT2D eigenvalue weighted by atomic mass is 32.2. The van der Waals surface area contributed by atoms with Crippen LogP contribution in [0.4, 0.5) is 0 Å². The summed E-state index contributed by atoms with van der Waals surface area (Å²) in [5, 5.41) is 14.6. The van der Waals surface area contributed by atoms with Gasteiger partial charge in [0.05, 0.1) is 11.1 Å². The van der Waals surface area contributed by atoms with Crippen LogP contribution in [0.3, 0.4) is 0 Å². The molecule has 1 aromatic heterocycles. The van der Waals surface area contributed by atoms with Gasteiger partial charge in [-0.3, -0.25) is 5.32 Å². The van der Waals surface area contributed by atoms with Crippen LogP contribution in [0.25, 0.3) is 0 Å². The van der Waals surface area contributed by atoms with Gasteiger partial charge in [0, 0.05) is 17.5 Å². The Kier molecular flexibility index (Phi) is 3.27. The summed E-state index contributed by atoms with van der Waals surface area (Å²) >= 11 is 1.81. The van der Waals surface area contributed by atoms with E-state index >= 15 is 0 Å². The van der Waals surface area contributed by atoms with Gasteiger partial charge in [-0.15, -0.1) is 11.8 Å². The van der Waals surface area contributed by atoms with Crippen LogP contribution in [0.5, 0.6) is 0 Å². The van der Waals surface area contributed by atoms with Gasteiger partial charge in [-0.2, -0.15) is 5.26 Å². The standard InChI is InChI=1S/C14H17N3S/c15-10-14(17-11-4-5-11)7-6-12(9-14)18-13-3-1-2-8-16-13/h1-3,8,11-12,17H,4-7,9H2. The number of hydrogen-bond acceptors (Lipinski definition) is 4. The largest absolute Gasteiger partial charge is 0.297 e. The van der Waals surface area contributed by atoms with Crippen molar-refractivity contribution in [2.45, 2.75) is 54.0 Å². The van der Waals surface area contributed by atoms with Gasteiger partial charge < -0.3 is 0 Å². The first kappa shape index (κ1) is 12.0. The molecule has 3 rings (SSSR count). The number of thioether (sulfide) groups is 1. The Morgan fingerprint density at radius 3 is 2.94 bits per heavy atom. The number of hydrogen-bond donors (Lipinski definition) is 1. The smallest absolute Gasteiger partial charge is 0.108 e. The maximum Gasteiger partial charge on any atom is 0.108 e. The third kappa shape index (κ3) is 2.68. The maximum absolute atomic E-state index is 9.44. The van der Waals surface area contributed by atoms with Crippen LogP contribution >= 0.6 is 11.8 Å². The lowest BCUT2D eigenvalue weighted by Crippen LogP contribution is -2.43. The molecule has 0 spiro atoms. The molecule has 94 valence electrons. The minimum Gasteiger partial charge on any atom is -0.297 e. The third-order valence-electron chi connectivity index (χ3n) is 3.67. The Hall–Kier alpha value is -1.05. The van der Waals surface area contributed by atoms with E-state index in [1.54, 1.807) is 0 Å². The molecule has 0 amide bonds. The van der Waals surface area contributed by atoms with Crippen LogP contribution in [-0.2, 0) is 0 Å². The van der Waals surface area contributed by atoms with Crippen molar-refractivity contribution in [3.63, 3.8) is 0 Å². The van der Waals surface area contributed by atoms with Crippen LogP contribution in [0.2, 0.25) is 0 Å². The van der Waals surface area contributed by atoms with Crippen molar-refractivity contribution in [3.05, 3.63) is 24.4 Å². The molecule has 3 nitrogen and oxygen atoms in total. The van der Waals surface area contributed by atoms with Gasteiger partial charge in [0.2, 0.25) is 0 Å². The number of rotatable bonds is 4. The zero-order valence-corrected chi connectivity index (χ0v) is 11.1. The molecule has 2 saturated carbocycles. The lowest BCUT2D eigenvalue weighted by atomic mass is 10.00. The molecule has 1 N–H and O–H groups in total. The van der Waals surface area contributed by atoms with Crippen molar-refractivity contribution in [1.82, 2.24) is 10.3 Å². The summed E-state index contributed by atoms with van der Waals surface area (Å²) in [6, 6.07) is 9.12. The highest BCUT2D eigenvalue weighted by Gasteiger charge is 2.43. The third-order valence-corrected chi connectivity index (χ3v) is 4.88. The fourth-order valence-electron chi connectivity index (χ4n) is 2.57. The van der Waals surface area contributed by atoms with E-state index in [-0.39, 0.29) is 5.54 Å². The van der Waals surface area contributed by atoms with Crippen molar-refractivity contribution < 1.29 is 0 Å². The van der Waals surface area contributed by atoms with Gasteiger partial charge in [-0.1, -0.05) is 6.07 Å². The molecular weight excluding hydrogens is 242 g/mol. The first-order chi connectivity index (χ1) is 8.80.